The molecule has 8 nitrogen and oxygen atoms in total. The van der Waals surface area contributed by atoms with E-state index >= 15 is 0 Å². The quantitative estimate of drug-likeness (QED) is 0.310. The number of thiophene rings is 2. The van der Waals surface area contributed by atoms with Crippen LogP contribution in [-0.4, -0.2) is 47.5 Å². The molecule has 0 aliphatic rings. The van der Waals surface area contributed by atoms with Crippen LogP contribution in [0.5, 0.6) is 0 Å². The largest absolute Gasteiger partial charge is 0.383 e. The number of imide groups is 1. The molecular weight excluding hydrogens is 432 g/mol. The van der Waals surface area contributed by atoms with Gasteiger partial charge in [-0.1, -0.05) is 17.8 Å². The van der Waals surface area contributed by atoms with E-state index in [0.717, 1.165) is 22.2 Å². The third-order valence-corrected chi connectivity index (χ3v) is 6.69. The van der Waals surface area contributed by atoms with Gasteiger partial charge >= 0.3 is 6.03 Å². The molecule has 0 fully saturated rings. The number of carbonyl (C=O) groups is 2. The second-order valence-corrected chi connectivity index (χ2v) is 8.58. The summed E-state index contributed by atoms with van der Waals surface area (Å²) in [6, 6.07) is 3.35. The molecule has 0 atom stereocenters. The summed E-state index contributed by atoms with van der Waals surface area (Å²) in [4.78, 5) is 43.0. The summed E-state index contributed by atoms with van der Waals surface area (Å²) in [5.41, 5.74) is 0.768. The number of nitrogens with zero attached hydrogens (tertiary/aromatic N) is 2. The SMILES string of the molecule is CCn1c(SCC(=O)NC(=O)NCCOC)nc2scc(-c3cccs3)c2c1=O. The summed E-state index contributed by atoms with van der Waals surface area (Å²) < 4.78 is 6.39. The Morgan fingerprint density at radius 2 is 2.17 bits per heavy atom. The number of hydrogen-bond acceptors (Lipinski definition) is 8. The molecule has 3 heterocycles. The molecule has 11 heteroatoms. The molecule has 0 aromatic carbocycles. The highest BCUT2D eigenvalue weighted by molar-refractivity contribution is 7.99. The van der Waals surface area contributed by atoms with Crippen molar-refractivity contribution in [3.05, 3.63) is 33.2 Å². The number of ether oxygens (including phenoxy) is 1. The average molecular weight is 453 g/mol. The van der Waals surface area contributed by atoms with E-state index in [9.17, 15) is 14.4 Å². The van der Waals surface area contributed by atoms with Crippen molar-refractivity contribution in [3.8, 4) is 10.4 Å². The van der Waals surface area contributed by atoms with Crippen LogP contribution in [0.4, 0.5) is 4.79 Å². The lowest BCUT2D eigenvalue weighted by molar-refractivity contribution is -0.117. The molecule has 3 aromatic rings. The lowest BCUT2D eigenvalue weighted by Gasteiger charge is -2.10. The number of amides is 3. The van der Waals surface area contributed by atoms with Crippen molar-refractivity contribution in [2.24, 2.45) is 0 Å². The number of hydrogen-bond donors (Lipinski definition) is 2. The Labute approximate surface area is 179 Å². The van der Waals surface area contributed by atoms with E-state index < -0.39 is 11.9 Å². The van der Waals surface area contributed by atoms with E-state index in [1.54, 1.807) is 15.9 Å². The highest BCUT2D eigenvalue weighted by Gasteiger charge is 2.18. The van der Waals surface area contributed by atoms with Gasteiger partial charge in [0.2, 0.25) is 5.91 Å². The minimum atomic E-state index is -0.581. The third kappa shape index (κ3) is 5.04. The number of aromatic nitrogens is 2. The molecule has 3 rings (SSSR count). The van der Waals surface area contributed by atoms with Crippen molar-refractivity contribution in [1.82, 2.24) is 20.2 Å². The lowest BCUT2D eigenvalue weighted by Crippen LogP contribution is -2.41. The van der Waals surface area contributed by atoms with Gasteiger partial charge in [-0.05, 0) is 18.4 Å². The van der Waals surface area contributed by atoms with E-state index in [-0.39, 0.29) is 11.3 Å². The monoisotopic (exact) mass is 452 g/mol. The average Bonchev–Trinajstić information content (AvgIpc) is 3.36. The fourth-order valence-corrected chi connectivity index (χ4v) is 5.28. The maximum absolute atomic E-state index is 13.1. The van der Waals surface area contributed by atoms with Gasteiger partial charge in [0.1, 0.15) is 4.83 Å². The molecule has 0 saturated carbocycles. The van der Waals surface area contributed by atoms with E-state index in [4.69, 9.17) is 4.74 Å². The van der Waals surface area contributed by atoms with Crippen LogP contribution in [0.2, 0.25) is 0 Å². The number of fused-ring (bicyclic) bond motifs is 1. The molecule has 0 aliphatic carbocycles. The second kappa shape index (κ2) is 10.0. The molecule has 0 unspecified atom stereocenters. The Bertz CT molecular complexity index is 1060. The van der Waals surface area contributed by atoms with Gasteiger partial charge in [0.25, 0.3) is 5.56 Å². The van der Waals surface area contributed by atoms with Gasteiger partial charge in [0.15, 0.2) is 5.16 Å². The summed E-state index contributed by atoms with van der Waals surface area (Å²) in [6.07, 6.45) is 0. The standard InChI is InChI=1S/C18H20N4O4S3/c1-3-22-16(24)14-11(12-5-4-8-27-12)9-28-15(14)21-18(22)29-10-13(23)20-17(25)19-6-7-26-2/h4-5,8-9H,3,6-7,10H2,1-2H3,(H2,19,20,23,25). The number of rotatable bonds is 8. The highest BCUT2D eigenvalue weighted by Crippen LogP contribution is 2.34. The molecule has 3 amide bonds. The Hall–Kier alpha value is -2.21. The van der Waals surface area contributed by atoms with E-state index in [2.05, 4.69) is 15.6 Å². The first-order valence-electron chi connectivity index (χ1n) is 8.80. The highest BCUT2D eigenvalue weighted by atomic mass is 32.2. The summed E-state index contributed by atoms with van der Waals surface area (Å²) in [6.45, 7) is 2.96. The van der Waals surface area contributed by atoms with Crippen LogP contribution in [0.1, 0.15) is 6.92 Å². The second-order valence-electron chi connectivity index (χ2n) is 5.84. The van der Waals surface area contributed by atoms with Crippen molar-refractivity contribution in [1.29, 1.82) is 0 Å². The molecule has 154 valence electrons. The topological polar surface area (TPSA) is 102 Å². The lowest BCUT2D eigenvalue weighted by atomic mass is 10.2. The number of carbonyl (C=O) groups excluding carboxylic acids is 2. The van der Waals surface area contributed by atoms with Crippen molar-refractivity contribution in [2.45, 2.75) is 18.6 Å². The first kappa shape index (κ1) is 21.5. The predicted octanol–water partition coefficient (Wildman–Crippen LogP) is 2.77. The molecule has 29 heavy (non-hydrogen) atoms. The summed E-state index contributed by atoms with van der Waals surface area (Å²) >= 11 is 4.11. The molecule has 0 aliphatic heterocycles. The van der Waals surface area contributed by atoms with Crippen LogP contribution in [0.3, 0.4) is 0 Å². The number of urea groups is 1. The van der Waals surface area contributed by atoms with Crippen molar-refractivity contribution in [2.75, 3.05) is 26.0 Å². The number of nitrogens with one attached hydrogen (secondary N) is 2. The molecule has 3 aromatic heterocycles. The number of thioether (sulfide) groups is 1. The first-order chi connectivity index (χ1) is 14.0. The van der Waals surface area contributed by atoms with E-state index in [1.165, 1.54) is 18.4 Å². The van der Waals surface area contributed by atoms with Gasteiger partial charge < -0.3 is 10.1 Å². The Morgan fingerprint density at radius 3 is 2.86 bits per heavy atom. The smallest absolute Gasteiger partial charge is 0.321 e. The van der Waals surface area contributed by atoms with Gasteiger partial charge in [-0.25, -0.2) is 9.78 Å². The van der Waals surface area contributed by atoms with E-state index in [0.29, 0.717) is 35.1 Å². The van der Waals surface area contributed by atoms with Crippen LogP contribution in [0, 0.1) is 0 Å². The Balaban J connectivity index is 1.76. The molecule has 0 spiro atoms. The van der Waals surface area contributed by atoms with Crippen LogP contribution in [-0.2, 0) is 16.1 Å². The summed E-state index contributed by atoms with van der Waals surface area (Å²) in [7, 11) is 1.52. The summed E-state index contributed by atoms with van der Waals surface area (Å²) in [5.74, 6) is -0.494. The van der Waals surface area contributed by atoms with Crippen molar-refractivity contribution in [3.63, 3.8) is 0 Å². The van der Waals surface area contributed by atoms with Crippen LogP contribution < -0.4 is 16.2 Å². The van der Waals surface area contributed by atoms with Crippen molar-refractivity contribution >= 4 is 56.6 Å². The Morgan fingerprint density at radius 1 is 1.34 bits per heavy atom. The fraction of sp³-hybridized carbons (Fsp3) is 0.333. The zero-order valence-corrected chi connectivity index (χ0v) is 18.3. The van der Waals surface area contributed by atoms with Gasteiger partial charge in [-0.2, -0.15) is 0 Å². The molecule has 0 saturated heterocycles. The van der Waals surface area contributed by atoms with E-state index in [1.807, 2.05) is 29.8 Å². The predicted molar refractivity (Wildman–Crippen MR) is 117 cm³/mol. The number of methoxy groups -OCH3 is 1. The maximum atomic E-state index is 13.1. The van der Waals surface area contributed by atoms with Crippen molar-refractivity contribution < 1.29 is 14.3 Å². The summed E-state index contributed by atoms with van der Waals surface area (Å²) in [5, 5.41) is 9.73. The molecule has 0 bridgehead atoms. The zero-order chi connectivity index (χ0) is 20.8. The molecular formula is C18H20N4O4S3. The normalized spacial score (nSPS) is 11.0. The third-order valence-electron chi connectivity index (χ3n) is 3.94. The minimum absolute atomic E-state index is 0.0290. The maximum Gasteiger partial charge on any atom is 0.321 e. The molecule has 2 N–H and O–H groups in total. The van der Waals surface area contributed by atoms with Crippen LogP contribution in [0.25, 0.3) is 20.7 Å². The zero-order valence-electron chi connectivity index (χ0n) is 15.9. The first-order valence-corrected chi connectivity index (χ1v) is 11.5. The van der Waals surface area contributed by atoms with Gasteiger partial charge in [0.05, 0.1) is 17.7 Å². The fourth-order valence-electron chi connectivity index (χ4n) is 2.61. The Kier molecular flexibility index (Phi) is 7.42. The van der Waals surface area contributed by atoms with Crippen LogP contribution in [0.15, 0.2) is 32.8 Å². The van der Waals surface area contributed by atoms with Gasteiger partial charge in [0, 0.05) is 36.0 Å². The van der Waals surface area contributed by atoms with Gasteiger partial charge in [-0.15, -0.1) is 22.7 Å². The minimum Gasteiger partial charge on any atom is -0.383 e. The van der Waals surface area contributed by atoms with Gasteiger partial charge in [-0.3, -0.25) is 19.5 Å². The molecule has 0 radical (unpaired) electrons. The van der Waals surface area contributed by atoms with Crippen LogP contribution >= 0.6 is 34.4 Å².